The maximum Gasteiger partial charge on any atom is 0.269 e. The van der Waals surface area contributed by atoms with Crippen molar-refractivity contribution in [1.82, 2.24) is 9.78 Å². The molecule has 2 heterocycles. The zero-order valence-electron chi connectivity index (χ0n) is 16.4. The molecular weight excluding hydrogens is 386 g/mol. The highest BCUT2D eigenvalue weighted by molar-refractivity contribution is 6.04. The van der Waals surface area contributed by atoms with Crippen molar-refractivity contribution in [1.29, 1.82) is 0 Å². The fourth-order valence-corrected chi connectivity index (χ4v) is 3.50. The van der Waals surface area contributed by atoms with Crippen LogP contribution in [0.15, 0.2) is 48.5 Å². The van der Waals surface area contributed by atoms with Crippen LogP contribution in [0.3, 0.4) is 0 Å². The van der Waals surface area contributed by atoms with Gasteiger partial charge in [-0.25, -0.2) is 4.68 Å². The average Bonchev–Trinajstić information content (AvgIpc) is 3.17. The molecule has 0 saturated carbocycles. The number of aromatic nitrogens is 2. The minimum absolute atomic E-state index is 0.0662. The second-order valence-electron chi connectivity index (χ2n) is 7.18. The number of carbonyl (C=O) groups excluding carboxylic acids is 2. The molecule has 1 aliphatic heterocycles. The summed E-state index contributed by atoms with van der Waals surface area (Å²) in [7, 11) is 0. The Balaban J connectivity index is 1.53. The standard InChI is InChI=1S/C21H19N5O4/c1-12-3-5-14(6-4-12)19-13(2)24-25-17(21(28)23-20(19)25)11-18(27)22-15-7-9-16(10-8-15)26(29)30/h3-10,17H,11H2,1-2H3,(H,22,27)(H,23,28). The molecule has 0 fully saturated rings. The molecule has 4 rings (SSSR count). The van der Waals surface area contributed by atoms with E-state index in [0.717, 1.165) is 22.4 Å². The van der Waals surface area contributed by atoms with Crippen molar-refractivity contribution in [2.75, 3.05) is 10.6 Å². The van der Waals surface area contributed by atoms with Crippen LogP contribution in [0.4, 0.5) is 17.2 Å². The van der Waals surface area contributed by atoms with Crippen molar-refractivity contribution < 1.29 is 14.5 Å². The number of nitro groups is 1. The predicted molar refractivity (Wildman–Crippen MR) is 111 cm³/mol. The molecule has 152 valence electrons. The number of rotatable bonds is 5. The molecule has 0 aliphatic carbocycles. The summed E-state index contributed by atoms with van der Waals surface area (Å²) >= 11 is 0. The molecule has 3 aromatic rings. The summed E-state index contributed by atoms with van der Waals surface area (Å²) in [5.41, 5.74) is 4.02. The van der Waals surface area contributed by atoms with E-state index in [2.05, 4.69) is 15.7 Å². The molecule has 2 amide bonds. The van der Waals surface area contributed by atoms with Crippen LogP contribution in [-0.2, 0) is 9.59 Å². The summed E-state index contributed by atoms with van der Waals surface area (Å²) in [6.45, 7) is 3.86. The van der Waals surface area contributed by atoms with E-state index in [-0.39, 0.29) is 23.9 Å². The van der Waals surface area contributed by atoms with E-state index in [0.29, 0.717) is 11.5 Å². The number of hydrogen-bond acceptors (Lipinski definition) is 5. The second-order valence-corrected chi connectivity index (χ2v) is 7.18. The molecule has 2 aromatic carbocycles. The number of aryl methyl sites for hydroxylation is 2. The smallest absolute Gasteiger partial charge is 0.269 e. The Morgan fingerprint density at radius 1 is 1.17 bits per heavy atom. The van der Waals surface area contributed by atoms with E-state index in [1.165, 1.54) is 24.3 Å². The van der Waals surface area contributed by atoms with Crippen LogP contribution in [0.2, 0.25) is 0 Å². The summed E-state index contributed by atoms with van der Waals surface area (Å²) in [6, 6.07) is 12.7. The van der Waals surface area contributed by atoms with Gasteiger partial charge in [0.15, 0.2) is 0 Å². The lowest BCUT2D eigenvalue weighted by Gasteiger charge is -2.10. The fraction of sp³-hybridized carbons (Fsp3) is 0.190. The Bertz CT molecular complexity index is 1150. The Kier molecular flexibility index (Phi) is 4.78. The molecule has 1 unspecified atom stereocenters. The Hall–Kier alpha value is -4.01. The number of benzene rings is 2. The minimum atomic E-state index is -0.768. The molecule has 2 N–H and O–H groups in total. The topological polar surface area (TPSA) is 119 Å². The zero-order chi connectivity index (χ0) is 21.4. The van der Waals surface area contributed by atoms with E-state index in [9.17, 15) is 19.7 Å². The molecule has 0 spiro atoms. The van der Waals surface area contributed by atoms with Gasteiger partial charge in [-0.3, -0.25) is 19.7 Å². The maximum absolute atomic E-state index is 12.5. The maximum atomic E-state index is 12.5. The van der Waals surface area contributed by atoms with Crippen molar-refractivity contribution in [3.8, 4) is 11.1 Å². The van der Waals surface area contributed by atoms with Crippen molar-refractivity contribution in [2.24, 2.45) is 0 Å². The van der Waals surface area contributed by atoms with Crippen LogP contribution < -0.4 is 10.6 Å². The number of anilines is 2. The summed E-state index contributed by atoms with van der Waals surface area (Å²) in [4.78, 5) is 35.2. The summed E-state index contributed by atoms with van der Waals surface area (Å²) in [5.74, 6) is -0.110. The third-order valence-electron chi connectivity index (χ3n) is 5.01. The first kappa shape index (κ1) is 19.3. The van der Waals surface area contributed by atoms with Crippen molar-refractivity contribution in [3.63, 3.8) is 0 Å². The fourth-order valence-electron chi connectivity index (χ4n) is 3.50. The summed E-state index contributed by atoms with van der Waals surface area (Å²) < 4.78 is 1.56. The minimum Gasteiger partial charge on any atom is -0.326 e. The van der Waals surface area contributed by atoms with Gasteiger partial charge in [0.1, 0.15) is 11.9 Å². The lowest BCUT2D eigenvalue weighted by Crippen LogP contribution is -2.23. The molecule has 1 aliphatic rings. The quantitative estimate of drug-likeness (QED) is 0.496. The van der Waals surface area contributed by atoms with Crippen LogP contribution in [0.25, 0.3) is 11.1 Å². The van der Waals surface area contributed by atoms with Gasteiger partial charge < -0.3 is 10.6 Å². The molecule has 9 nitrogen and oxygen atoms in total. The number of nitrogens with zero attached hydrogens (tertiary/aromatic N) is 3. The first-order valence-corrected chi connectivity index (χ1v) is 9.35. The molecule has 1 aromatic heterocycles. The largest absolute Gasteiger partial charge is 0.326 e. The number of amides is 2. The van der Waals surface area contributed by atoms with Gasteiger partial charge in [0.25, 0.3) is 11.6 Å². The second kappa shape index (κ2) is 7.43. The molecule has 9 heteroatoms. The number of nitro benzene ring substituents is 1. The zero-order valence-corrected chi connectivity index (χ0v) is 16.4. The summed E-state index contributed by atoms with van der Waals surface area (Å²) in [5, 5.41) is 20.7. The Morgan fingerprint density at radius 3 is 2.47 bits per heavy atom. The van der Waals surface area contributed by atoms with E-state index in [1.807, 2.05) is 38.1 Å². The van der Waals surface area contributed by atoms with Crippen molar-refractivity contribution >= 4 is 29.0 Å². The lowest BCUT2D eigenvalue weighted by atomic mass is 10.0. The number of hydrogen-bond donors (Lipinski definition) is 2. The summed E-state index contributed by atoms with van der Waals surface area (Å²) in [6.07, 6.45) is -0.107. The number of non-ortho nitro benzene ring substituents is 1. The number of nitrogens with one attached hydrogen (secondary N) is 2. The van der Waals surface area contributed by atoms with Crippen LogP contribution in [0.5, 0.6) is 0 Å². The highest BCUT2D eigenvalue weighted by Gasteiger charge is 2.36. The van der Waals surface area contributed by atoms with Crippen molar-refractivity contribution in [3.05, 3.63) is 69.9 Å². The molecular formula is C21H19N5O4. The molecule has 0 bridgehead atoms. The van der Waals surface area contributed by atoms with Crippen LogP contribution in [0, 0.1) is 24.0 Å². The molecule has 0 saturated heterocycles. The molecule has 30 heavy (non-hydrogen) atoms. The normalized spacial score (nSPS) is 14.9. The highest BCUT2D eigenvalue weighted by atomic mass is 16.6. The van der Waals surface area contributed by atoms with Crippen LogP contribution >= 0.6 is 0 Å². The number of carbonyl (C=O) groups is 2. The molecule has 0 radical (unpaired) electrons. The Morgan fingerprint density at radius 2 is 1.83 bits per heavy atom. The van der Waals surface area contributed by atoms with Crippen molar-refractivity contribution in [2.45, 2.75) is 26.3 Å². The van der Waals surface area contributed by atoms with Gasteiger partial charge in [0.05, 0.1) is 17.0 Å². The Labute approximate surface area is 171 Å². The van der Waals surface area contributed by atoms with Gasteiger partial charge in [-0.05, 0) is 31.5 Å². The third-order valence-corrected chi connectivity index (χ3v) is 5.01. The van der Waals surface area contributed by atoms with Gasteiger partial charge >= 0.3 is 0 Å². The van der Waals surface area contributed by atoms with E-state index >= 15 is 0 Å². The first-order chi connectivity index (χ1) is 14.3. The SMILES string of the molecule is Cc1ccc(-c2c(C)nn3c2NC(=O)C3CC(=O)Nc2ccc([N+](=O)[O-])cc2)cc1. The lowest BCUT2D eigenvalue weighted by molar-refractivity contribution is -0.384. The van der Waals surface area contributed by atoms with Crippen LogP contribution in [0.1, 0.15) is 23.7 Å². The van der Waals surface area contributed by atoms with E-state index in [1.54, 1.807) is 4.68 Å². The van der Waals surface area contributed by atoms with Gasteiger partial charge in [-0.1, -0.05) is 29.8 Å². The average molecular weight is 405 g/mol. The third kappa shape index (κ3) is 3.52. The monoisotopic (exact) mass is 405 g/mol. The number of fused-ring (bicyclic) bond motifs is 1. The predicted octanol–water partition coefficient (Wildman–Crippen LogP) is 3.60. The molecule has 1 atom stereocenters. The first-order valence-electron chi connectivity index (χ1n) is 9.35. The van der Waals surface area contributed by atoms with Gasteiger partial charge in [0.2, 0.25) is 5.91 Å². The van der Waals surface area contributed by atoms with E-state index in [4.69, 9.17) is 0 Å². The van der Waals surface area contributed by atoms with Gasteiger partial charge in [-0.2, -0.15) is 5.10 Å². The van der Waals surface area contributed by atoms with E-state index < -0.39 is 11.0 Å². The van der Waals surface area contributed by atoms with Gasteiger partial charge in [-0.15, -0.1) is 0 Å². The van der Waals surface area contributed by atoms with Gasteiger partial charge in [0, 0.05) is 23.4 Å². The highest BCUT2D eigenvalue weighted by Crippen LogP contribution is 2.38. The van der Waals surface area contributed by atoms with Crippen LogP contribution in [-0.4, -0.2) is 26.5 Å².